The fraction of sp³-hybridized carbons (Fsp3) is 0.600. The molecule has 0 saturated heterocycles. The maximum Gasteiger partial charge on any atom is 0.255 e. The number of unbranched alkanes of at least 4 members (excludes halogenated alkanes) is 3. The van der Waals surface area contributed by atoms with Gasteiger partial charge in [0, 0.05) is 19.3 Å². The van der Waals surface area contributed by atoms with Crippen molar-refractivity contribution in [2.24, 2.45) is 0 Å². The van der Waals surface area contributed by atoms with Crippen LogP contribution in [0.2, 0.25) is 0 Å². The molecule has 1 aromatic rings. The standard InChI is InChI=1S/C15H25N3O/c1-3-5-6-7-11-18-15(19)13-9-8-12-17-14(13)16-10-4-2/h8-9,12H,3-7,10-11H2,1-2H3,(H,16,17)(H,18,19). The Hall–Kier alpha value is -1.58. The zero-order chi connectivity index (χ0) is 13.9. The molecule has 0 aromatic carbocycles. The van der Waals surface area contributed by atoms with Crippen molar-refractivity contribution in [1.82, 2.24) is 10.3 Å². The van der Waals surface area contributed by atoms with E-state index in [2.05, 4.69) is 29.5 Å². The van der Waals surface area contributed by atoms with Crippen LogP contribution in [-0.4, -0.2) is 24.0 Å². The van der Waals surface area contributed by atoms with Gasteiger partial charge in [0.05, 0.1) is 5.56 Å². The largest absolute Gasteiger partial charge is 0.369 e. The number of anilines is 1. The quantitative estimate of drug-likeness (QED) is 0.673. The molecule has 1 aromatic heterocycles. The molecule has 4 nitrogen and oxygen atoms in total. The Morgan fingerprint density at radius 3 is 2.74 bits per heavy atom. The first-order valence-electron chi connectivity index (χ1n) is 7.26. The normalized spacial score (nSPS) is 10.2. The van der Waals surface area contributed by atoms with E-state index >= 15 is 0 Å². The van der Waals surface area contributed by atoms with Crippen molar-refractivity contribution < 1.29 is 4.79 Å². The Labute approximate surface area is 116 Å². The topological polar surface area (TPSA) is 54.0 Å². The first kappa shape index (κ1) is 15.5. The minimum Gasteiger partial charge on any atom is -0.369 e. The number of carbonyl (C=O) groups excluding carboxylic acids is 1. The summed E-state index contributed by atoms with van der Waals surface area (Å²) < 4.78 is 0. The van der Waals surface area contributed by atoms with Crippen LogP contribution in [0.5, 0.6) is 0 Å². The lowest BCUT2D eigenvalue weighted by molar-refractivity contribution is 0.0953. The molecule has 2 N–H and O–H groups in total. The first-order chi connectivity index (χ1) is 9.29. The molecule has 4 heteroatoms. The Balaban J connectivity index is 2.46. The highest BCUT2D eigenvalue weighted by atomic mass is 16.1. The third kappa shape index (κ3) is 5.73. The molecular formula is C15H25N3O. The molecule has 1 heterocycles. The summed E-state index contributed by atoms with van der Waals surface area (Å²) in [7, 11) is 0. The van der Waals surface area contributed by atoms with E-state index in [0.717, 1.165) is 25.9 Å². The number of nitrogens with zero attached hydrogens (tertiary/aromatic N) is 1. The van der Waals surface area contributed by atoms with Gasteiger partial charge in [-0.05, 0) is 25.0 Å². The number of hydrogen-bond donors (Lipinski definition) is 2. The van der Waals surface area contributed by atoms with E-state index in [1.807, 2.05) is 6.07 Å². The van der Waals surface area contributed by atoms with Crippen LogP contribution in [0, 0.1) is 0 Å². The molecule has 19 heavy (non-hydrogen) atoms. The van der Waals surface area contributed by atoms with E-state index in [4.69, 9.17) is 0 Å². The number of nitrogens with one attached hydrogen (secondary N) is 2. The monoisotopic (exact) mass is 263 g/mol. The molecule has 0 aliphatic heterocycles. The number of amides is 1. The molecular weight excluding hydrogens is 238 g/mol. The van der Waals surface area contributed by atoms with Gasteiger partial charge in [-0.25, -0.2) is 4.98 Å². The summed E-state index contributed by atoms with van der Waals surface area (Å²) in [5.74, 6) is 0.638. The molecule has 0 radical (unpaired) electrons. The summed E-state index contributed by atoms with van der Waals surface area (Å²) in [6.45, 7) is 5.83. The maximum atomic E-state index is 12.1. The average molecular weight is 263 g/mol. The van der Waals surface area contributed by atoms with Crippen LogP contribution in [0.1, 0.15) is 56.3 Å². The molecule has 0 atom stereocenters. The predicted molar refractivity (Wildman–Crippen MR) is 79.5 cm³/mol. The van der Waals surface area contributed by atoms with Crippen LogP contribution in [0.4, 0.5) is 5.82 Å². The molecule has 0 unspecified atom stereocenters. The predicted octanol–water partition coefficient (Wildman–Crippen LogP) is 3.21. The van der Waals surface area contributed by atoms with Crippen molar-refractivity contribution in [3.8, 4) is 0 Å². The van der Waals surface area contributed by atoms with Crippen molar-refractivity contribution >= 4 is 11.7 Å². The van der Waals surface area contributed by atoms with Gasteiger partial charge in [-0.2, -0.15) is 0 Å². The number of pyridine rings is 1. The van der Waals surface area contributed by atoms with E-state index in [1.54, 1.807) is 12.3 Å². The van der Waals surface area contributed by atoms with Crippen molar-refractivity contribution in [3.63, 3.8) is 0 Å². The minimum atomic E-state index is -0.0387. The van der Waals surface area contributed by atoms with Crippen LogP contribution in [-0.2, 0) is 0 Å². The number of hydrogen-bond acceptors (Lipinski definition) is 3. The molecule has 0 aliphatic carbocycles. The highest BCUT2D eigenvalue weighted by molar-refractivity contribution is 5.98. The highest BCUT2D eigenvalue weighted by Gasteiger charge is 2.10. The lowest BCUT2D eigenvalue weighted by atomic mass is 10.2. The SMILES string of the molecule is CCCCCCNC(=O)c1cccnc1NCCC. The number of rotatable bonds is 9. The fourth-order valence-electron chi connectivity index (χ4n) is 1.82. The molecule has 0 aliphatic rings. The minimum absolute atomic E-state index is 0.0387. The van der Waals surface area contributed by atoms with Crippen LogP contribution in [0.3, 0.4) is 0 Å². The van der Waals surface area contributed by atoms with Gasteiger partial charge in [-0.1, -0.05) is 33.1 Å². The molecule has 0 saturated carbocycles. The van der Waals surface area contributed by atoms with Crippen LogP contribution in [0.15, 0.2) is 18.3 Å². The summed E-state index contributed by atoms with van der Waals surface area (Å²) in [4.78, 5) is 16.3. The molecule has 106 valence electrons. The van der Waals surface area contributed by atoms with Gasteiger partial charge < -0.3 is 10.6 Å². The van der Waals surface area contributed by atoms with Crippen LogP contribution < -0.4 is 10.6 Å². The van der Waals surface area contributed by atoms with Crippen molar-refractivity contribution in [2.45, 2.75) is 46.0 Å². The first-order valence-corrected chi connectivity index (χ1v) is 7.26. The second kappa shape index (κ2) is 9.36. The molecule has 0 fully saturated rings. The summed E-state index contributed by atoms with van der Waals surface area (Å²) >= 11 is 0. The van der Waals surface area contributed by atoms with Crippen LogP contribution in [0.25, 0.3) is 0 Å². The van der Waals surface area contributed by atoms with Crippen molar-refractivity contribution in [2.75, 3.05) is 18.4 Å². The Morgan fingerprint density at radius 1 is 1.16 bits per heavy atom. The molecule has 1 rings (SSSR count). The zero-order valence-corrected chi connectivity index (χ0v) is 12.0. The van der Waals surface area contributed by atoms with Crippen LogP contribution >= 0.6 is 0 Å². The van der Waals surface area contributed by atoms with Gasteiger partial charge in [-0.3, -0.25) is 4.79 Å². The van der Waals surface area contributed by atoms with Gasteiger partial charge in [0.15, 0.2) is 0 Å². The lowest BCUT2D eigenvalue weighted by Gasteiger charge is -2.10. The highest BCUT2D eigenvalue weighted by Crippen LogP contribution is 2.11. The van der Waals surface area contributed by atoms with E-state index in [-0.39, 0.29) is 5.91 Å². The summed E-state index contributed by atoms with van der Waals surface area (Å²) in [5.41, 5.74) is 0.631. The van der Waals surface area contributed by atoms with Gasteiger partial charge in [0.2, 0.25) is 0 Å². The summed E-state index contributed by atoms with van der Waals surface area (Å²) in [6.07, 6.45) is 7.36. The van der Waals surface area contributed by atoms with E-state index < -0.39 is 0 Å². The Bertz CT molecular complexity index is 379. The van der Waals surface area contributed by atoms with Crippen molar-refractivity contribution in [3.05, 3.63) is 23.9 Å². The third-order valence-corrected chi connectivity index (χ3v) is 2.91. The van der Waals surface area contributed by atoms with E-state index in [0.29, 0.717) is 11.4 Å². The van der Waals surface area contributed by atoms with Gasteiger partial charge >= 0.3 is 0 Å². The molecule has 0 spiro atoms. The van der Waals surface area contributed by atoms with E-state index in [1.165, 1.54) is 19.3 Å². The third-order valence-electron chi connectivity index (χ3n) is 2.91. The maximum absolute atomic E-state index is 12.1. The summed E-state index contributed by atoms with van der Waals surface area (Å²) in [6, 6.07) is 3.61. The van der Waals surface area contributed by atoms with E-state index in [9.17, 15) is 4.79 Å². The Kier molecular flexibility index (Phi) is 7.63. The second-order valence-corrected chi connectivity index (χ2v) is 4.64. The summed E-state index contributed by atoms with van der Waals surface area (Å²) in [5, 5.41) is 6.14. The van der Waals surface area contributed by atoms with Gasteiger partial charge in [-0.15, -0.1) is 0 Å². The number of carbonyl (C=O) groups is 1. The van der Waals surface area contributed by atoms with Gasteiger partial charge in [0.25, 0.3) is 5.91 Å². The fourth-order valence-corrected chi connectivity index (χ4v) is 1.82. The lowest BCUT2D eigenvalue weighted by Crippen LogP contribution is -2.25. The van der Waals surface area contributed by atoms with Crippen molar-refractivity contribution in [1.29, 1.82) is 0 Å². The average Bonchev–Trinajstić information content (AvgIpc) is 2.45. The smallest absolute Gasteiger partial charge is 0.255 e. The zero-order valence-electron chi connectivity index (χ0n) is 12.0. The molecule has 0 bridgehead atoms. The second-order valence-electron chi connectivity index (χ2n) is 4.64. The Morgan fingerprint density at radius 2 is 2.00 bits per heavy atom. The number of aromatic nitrogens is 1. The van der Waals surface area contributed by atoms with Gasteiger partial charge in [0.1, 0.15) is 5.82 Å². The molecule has 1 amide bonds.